The van der Waals surface area contributed by atoms with Gasteiger partial charge in [-0.2, -0.15) is 13.2 Å². The lowest BCUT2D eigenvalue weighted by molar-refractivity contribution is -0.153. The number of carbonyl (C=O) groups excluding carboxylic acids is 2. The average Bonchev–Trinajstić information content (AvgIpc) is 3.08. The molecule has 2 aromatic rings. The van der Waals surface area contributed by atoms with E-state index in [4.69, 9.17) is 14.2 Å². The van der Waals surface area contributed by atoms with Gasteiger partial charge in [-0.15, -0.1) is 0 Å². The van der Waals surface area contributed by atoms with Crippen LogP contribution in [0.5, 0.6) is 5.75 Å². The predicted molar refractivity (Wildman–Crippen MR) is 112 cm³/mol. The van der Waals surface area contributed by atoms with Crippen LogP contribution in [0.25, 0.3) is 0 Å². The Morgan fingerprint density at radius 3 is 2.25 bits per heavy atom. The Morgan fingerprint density at radius 1 is 1.06 bits per heavy atom. The Hall–Kier alpha value is -2.56. The van der Waals surface area contributed by atoms with Gasteiger partial charge >= 0.3 is 6.18 Å². The van der Waals surface area contributed by atoms with Gasteiger partial charge in [-0.3, -0.25) is 14.9 Å². The summed E-state index contributed by atoms with van der Waals surface area (Å²) in [7, 11) is 1.46. The second kappa shape index (κ2) is 10.4. The molecule has 2 amide bonds. The highest BCUT2D eigenvalue weighted by molar-refractivity contribution is 8.15. The molecule has 3 unspecified atom stereocenters. The quantitative estimate of drug-likeness (QED) is 0.536. The van der Waals surface area contributed by atoms with E-state index in [1.807, 2.05) is 0 Å². The molecule has 2 aromatic carbocycles. The van der Waals surface area contributed by atoms with E-state index in [9.17, 15) is 22.8 Å². The molecule has 3 atom stereocenters. The minimum absolute atomic E-state index is 0.0494. The Kier molecular flexibility index (Phi) is 7.81. The van der Waals surface area contributed by atoms with Gasteiger partial charge in [0, 0.05) is 7.11 Å². The summed E-state index contributed by atoms with van der Waals surface area (Å²) >= 11 is 0.965. The number of halogens is 3. The fourth-order valence-electron chi connectivity index (χ4n) is 3.02. The zero-order valence-electron chi connectivity index (χ0n) is 17.3. The van der Waals surface area contributed by atoms with Crippen LogP contribution in [0.3, 0.4) is 0 Å². The molecule has 6 nitrogen and oxygen atoms in total. The van der Waals surface area contributed by atoms with Gasteiger partial charge in [-0.25, -0.2) is 0 Å². The maximum Gasteiger partial charge on any atom is 0.416 e. The molecule has 0 bridgehead atoms. The molecular formula is C22H22F3NO5S. The number of imide groups is 1. The number of nitrogens with one attached hydrogen (secondary N) is 1. The standard InChI is InChI=1S/C22H22F3NO5S/c1-13(29-2)31-18(15-5-7-16(8-6-15)22(23,24)25)12-30-17-9-3-14(4-10-17)11-19-20(27)26-21(28)32-19/h3-10,13,18-19H,11-12H2,1-2H3,(H,26,27,28). The van der Waals surface area contributed by atoms with Gasteiger partial charge in [0.05, 0.1) is 10.8 Å². The summed E-state index contributed by atoms with van der Waals surface area (Å²) in [4.78, 5) is 23.0. The fourth-order valence-corrected chi connectivity index (χ4v) is 3.88. The van der Waals surface area contributed by atoms with Crippen LogP contribution in [0.2, 0.25) is 0 Å². The van der Waals surface area contributed by atoms with Crippen molar-refractivity contribution in [1.82, 2.24) is 5.32 Å². The largest absolute Gasteiger partial charge is 0.491 e. The summed E-state index contributed by atoms with van der Waals surface area (Å²) in [6.45, 7) is 1.72. The van der Waals surface area contributed by atoms with Crippen molar-refractivity contribution in [3.63, 3.8) is 0 Å². The van der Waals surface area contributed by atoms with E-state index >= 15 is 0 Å². The van der Waals surface area contributed by atoms with Crippen molar-refractivity contribution in [2.45, 2.75) is 37.2 Å². The maximum absolute atomic E-state index is 12.8. The summed E-state index contributed by atoms with van der Waals surface area (Å²) in [6, 6.07) is 11.7. The number of methoxy groups -OCH3 is 1. The van der Waals surface area contributed by atoms with E-state index in [0.29, 0.717) is 17.7 Å². The molecule has 1 fully saturated rings. The van der Waals surface area contributed by atoms with Gasteiger partial charge in [0.25, 0.3) is 5.24 Å². The molecule has 32 heavy (non-hydrogen) atoms. The molecule has 0 radical (unpaired) electrons. The van der Waals surface area contributed by atoms with Crippen LogP contribution in [-0.2, 0) is 26.9 Å². The zero-order valence-corrected chi connectivity index (χ0v) is 18.2. The Labute approximate surface area is 187 Å². The molecule has 0 aliphatic carbocycles. The lowest BCUT2D eigenvalue weighted by atomic mass is 10.1. The highest BCUT2D eigenvalue weighted by Gasteiger charge is 2.32. The van der Waals surface area contributed by atoms with Gasteiger partial charge in [-0.1, -0.05) is 36.0 Å². The second-order valence-corrected chi connectivity index (χ2v) is 8.27. The van der Waals surface area contributed by atoms with Crippen LogP contribution in [0, 0.1) is 0 Å². The first-order chi connectivity index (χ1) is 15.2. The predicted octanol–water partition coefficient (Wildman–Crippen LogP) is 4.73. The molecular weight excluding hydrogens is 447 g/mol. The molecule has 0 spiro atoms. The van der Waals surface area contributed by atoms with Crippen molar-refractivity contribution >= 4 is 22.9 Å². The number of carbonyl (C=O) groups is 2. The molecule has 1 saturated heterocycles. The van der Waals surface area contributed by atoms with Crippen molar-refractivity contribution in [1.29, 1.82) is 0 Å². The van der Waals surface area contributed by atoms with Crippen molar-refractivity contribution in [3.05, 3.63) is 65.2 Å². The first kappa shape index (κ1) is 24.1. The second-order valence-electron chi connectivity index (χ2n) is 7.09. The van der Waals surface area contributed by atoms with Crippen LogP contribution in [0.1, 0.15) is 29.7 Å². The third kappa shape index (κ3) is 6.47. The van der Waals surface area contributed by atoms with Crippen molar-refractivity contribution in [2.75, 3.05) is 13.7 Å². The molecule has 0 aromatic heterocycles. The minimum Gasteiger partial charge on any atom is -0.491 e. The third-order valence-corrected chi connectivity index (χ3v) is 5.79. The van der Waals surface area contributed by atoms with Crippen LogP contribution >= 0.6 is 11.8 Å². The molecule has 1 aliphatic heterocycles. The van der Waals surface area contributed by atoms with Crippen LogP contribution in [-0.4, -0.2) is 36.4 Å². The van der Waals surface area contributed by atoms with Gasteiger partial charge in [0.1, 0.15) is 18.5 Å². The summed E-state index contributed by atoms with van der Waals surface area (Å²) in [5.74, 6) is 0.225. The number of thioether (sulfide) groups is 1. The van der Waals surface area contributed by atoms with Crippen LogP contribution < -0.4 is 10.1 Å². The Bertz CT molecular complexity index is 934. The topological polar surface area (TPSA) is 73.9 Å². The Balaban J connectivity index is 1.64. The fraction of sp³-hybridized carbons (Fsp3) is 0.364. The van der Waals surface area contributed by atoms with Crippen LogP contribution in [0.15, 0.2) is 48.5 Å². The van der Waals surface area contributed by atoms with Gasteiger partial charge in [0.2, 0.25) is 5.91 Å². The summed E-state index contributed by atoms with van der Waals surface area (Å²) in [5, 5.41) is 1.45. The summed E-state index contributed by atoms with van der Waals surface area (Å²) in [5.41, 5.74) is 0.641. The summed E-state index contributed by atoms with van der Waals surface area (Å²) in [6.07, 6.45) is -5.26. The minimum atomic E-state index is -4.42. The SMILES string of the molecule is COC(C)OC(COc1ccc(CC2SC(=O)NC2=O)cc1)c1ccc(C(F)(F)F)cc1. The number of ether oxygens (including phenoxy) is 3. The van der Waals surface area contributed by atoms with Crippen molar-refractivity contribution in [2.24, 2.45) is 0 Å². The number of alkyl halides is 3. The molecule has 1 N–H and O–H groups in total. The lowest BCUT2D eigenvalue weighted by Crippen LogP contribution is -2.25. The smallest absolute Gasteiger partial charge is 0.416 e. The highest BCUT2D eigenvalue weighted by Crippen LogP contribution is 2.31. The van der Waals surface area contributed by atoms with E-state index < -0.39 is 29.4 Å². The van der Waals surface area contributed by atoms with Crippen molar-refractivity contribution < 1.29 is 37.0 Å². The highest BCUT2D eigenvalue weighted by atomic mass is 32.2. The lowest BCUT2D eigenvalue weighted by Gasteiger charge is -2.23. The average molecular weight is 469 g/mol. The Morgan fingerprint density at radius 2 is 1.72 bits per heavy atom. The van der Waals surface area contributed by atoms with E-state index in [1.165, 1.54) is 19.2 Å². The number of amides is 2. The molecule has 10 heteroatoms. The van der Waals surface area contributed by atoms with E-state index in [0.717, 1.165) is 29.5 Å². The maximum atomic E-state index is 12.8. The number of hydrogen-bond acceptors (Lipinski definition) is 6. The van der Waals surface area contributed by atoms with Crippen LogP contribution in [0.4, 0.5) is 18.0 Å². The molecule has 1 heterocycles. The van der Waals surface area contributed by atoms with Gasteiger partial charge in [0.15, 0.2) is 6.29 Å². The van der Waals surface area contributed by atoms with E-state index in [1.54, 1.807) is 31.2 Å². The molecule has 172 valence electrons. The molecule has 0 saturated carbocycles. The normalized spacial score (nSPS) is 18.3. The zero-order chi connectivity index (χ0) is 23.3. The van der Waals surface area contributed by atoms with Gasteiger partial charge < -0.3 is 14.2 Å². The monoisotopic (exact) mass is 469 g/mol. The summed E-state index contributed by atoms with van der Waals surface area (Å²) < 4.78 is 55.2. The van der Waals surface area contributed by atoms with E-state index in [2.05, 4.69) is 5.32 Å². The first-order valence-electron chi connectivity index (χ1n) is 9.74. The number of rotatable bonds is 9. The van der Waals surface area contributed by atoms with E-state index in [-0.39, 0.29) is 17.8 Å². The number of benzene rings is 2. The molecule has 1 aliphatic rings. The van der Waals surface area contributed by atoms with Crippen molar-refractivity contribution in [3.8, 4) is 5.75 Å². The number of hydrogen-bond donors (Lipinski definition) is 1. The molecule has 3 rings (SSSR count). The van der Waals surface area contributed by atoms with Gasteiger partial charge in [-0.05, 0) is 48.7 Å². The third-order valence-electron chi connectivity index (χ3n) is 4.81. The first-order valence-corrected chi connectivity index (χ1v) is 10.6.